The van der Waals surface area contributed by atoms with Gasteiger partial charge in [0.25, 0.3) is 0 Å². The Morgan fingerprint density at radius 3 is 1.99 bits per heavy atom. The van der Waals surface area contributed by atoms with Gasteiger partial charge < -0.3 is 60.9 Å². The number of likely N-dealkylation sites (N-methyl/N-ethyl adjacent to an activating group) is 2. The van der Waals surface area contributed by atoms with Gasteiger partial charge in [0.05, 0.1) is 48.7 Å². The Labute approximate surface area is 562 Å². The fourth-order valence-corrected chi connectivity index (χ4v) is 13.7. The number of ether oxygens (including phenoxy) is 2. The third-order valence-electron chi connectivity index (χ3n) is 19.3. The lowest BCUT2D eigenvalue weighted by Crippen LogP contribution is -2.54. The first kappa shape index (κ1) is 80.2. The maximum absolute atomic E-state index is 14.6. The fourth-order valence-electron chi connectivity index (χ4n) is 13.7. The van der Waals surface area contributed by atoms with Gasteiger partial charge in [-0.05, 0) is 101 Å². The number of benzene rings is 1. The first-order valence-electron chi connectivity index (χ1n) is 34.0. The molecule has 0 spiro atoms. The number of carbonyl (C=O) groups is 11. The van der Waals surface area contributed by atoms with Crippen molar-refractivity contribution in [3.63, 3.8) is 0 Å². The van der Waals surface area contributed by atoms with Crippen molar-refractivity contribution in [1.82, 2.24) is 51.1 Å². The van der Waals surface area contributed by atoms with Crippen LogP contribution in [0.4, 0.5) is 10.5 Å². The second kappa shape index (κ2) is 39.1. The number of piperidine rings is 1. The monoisotopic (exact) mass is 1330 g/mol. The lowest BCUT2D eigenvalue weighted by molar-refractivity contribution is -0.149. The van der Waals surface area contributed by atoms with Crippen molar-refractivity contribution in [2.75, 3.05) is 67.4 Å². The lowest BCUT2D eigenvalue weighted by atomic mass is 9.83. The Morgan fingerprint density at radius 1 is 0.758 bits per heavy atom. The maximum atomic E-state index is 14.6. The van der Waals surface area contributed by atoms with Crippen molar-refractivity contribution >= 4 is 70.4 Å². The molecule has 13 atom stereocenters. The SMILES string of the molecule is CC[C@H](C)[C@@H]([C@@H](CC(=O)N1CCC[C@H]1[C@H](OC)[C@@H](C)C(=O)C[C@@H](Cc1nnco1)C(=O)NCc1ccc(NC(=O)[C@H](CCCNC(N)=O)CC(=O)[C@@H](NC(=O)CCC(=O)N2CCC(C(=O)NC)CC2C)C(C)C)cc1)OC)N(C)C(=O)[C@@H](CC(=O)[C@H](C(C)C)N(C)C)C(C)C. The molecule has 2 saturated heterocycles. The molecule has 7 N–H and O–H groups in total. The summed E-state index contributed by atoms with van der Waals surface area (Å²) in [5, 5.41) is 21.5. The number of amides is 9. The Hall–Kier alpha value is -7.19. The summed E-state index contributed by atoms with van der Waals surface area (Å²) >= 11 is 0. The topological polar surface area (TPSA) is 344 Å². The van der Waals surface area contributed by atoms with Crippen LogP contribution in [-0.2, 0) is 70.4 Å². The van der Waals surface area contributed by atoms with Crippen molar-refractivity contribution < 1.29 is 66.6 Å². The summed E-state index contributed by atoms with van der Waals surface area (Å²) in [6.45, 7) is 20.1. The number of ketones is 3. The molecule has 0 aliphatic carbocycles. The van der Waals surface area contributed by atoms with E-state index in [-0.39, 0.29) is 153 Å². The molecule has 4 rings (SSSR count). The average molecular weight is 1330 g/mol. The summed E-state index contributed by atoms with van der Waals surface area (Å²) in [6, 6.07) is 3.46. The number of hydrogen-bond acceptors (Lipinski definition) is 17. The molecule has 0 saturated carbocycles. The molecule has 532 valence electrons. The highest BCUT2D eigenvalue weighted by molar-refractivity contribution is 5.98. The number of Topliss-reactive ketones (excluding diaryl/α,β-unsaturated/α-hetero) is 3. The molecule has 26 heteroatoms. The molecule has 1 aromatic heterocycles. The van der Waals surface area contributed by atoms with Crippen LogP contribution >= 0.6 is 0 Å². The molecule has 2 unspecified atom stereocenters. The van der Waals surface area contributed by atoms with E-state index in [1.165, 1.54) is 14.2 Å². The molecule has 26 nitrogen and oxygen atoms in total. The maximum Gasteiger partial charge on any atom is 0.312 e. The predicted octanol–water partition coefficient (Wildman–Crippen LogP) is 5.50. The largest absolute Gasteiger partial charge is 0.428 e. The molecular formula is C69H112N12O14. The number of urea groups is 1. The van der Waals surface area contributed by atoms with E-state index in [0.717, 1.165) is 6.39 Å². The Kier molecular flexibility index (Phi) is 33.1. The summed E-state index contributed by atoms with van der Waals surface area (Å²) in [5.41, 5.74) is 6.32. The van der Waals surface area contributed by atoms with Crippen molar-refractivity contribution in [2.45, 2.75) is 208 Å². The van der Waals surface area contributed by atoms with Gasteiger partial charge in [-0.15, -0.1) is 10.2 Å². The van der Waals surface area contributed by atoms with E-state index in [2.05, 4.69) is 36.8 Å². The molecule has 2 fully saturated rings. The number of nitrogens with one attached hydrogen (secondary N) is 5. The van der Waals surface area contributed by atoms with E-state index < -0.39 is 77.8 Å². The van der Waals surface area contributed by atoms with Crippen LogP contribution in [0, 0.1) is 53.3 Å². The van der Waals surface area contributed by atoms with Crippen LogP contribution in [0.5, 0.6) is 0 Å². The summed E-state index contributed by atoms with van der Waals surface area (Å²) < 4.78 is 17.6. The molecule has 95 heavy (non-hydrogen) atoms. The van der Waals surface area contributed by atoms with Gasteiger partial charge in [0.15, 0.2) is 11.6 Å². The Bertz CT molecular complexity index is 2840. The number of nitrogens with two attached hydrogens (primary N) is 1. The van der Waals surface area contributed by atoms with Crippen LogP contribution in [0.25, 0.3) is 0 Å². The zero-order valence-electron chi connectivity index (χ0n) is 59.3. The highest BCUT2D eigenvalue weighted by Crippen LogP contribution is 2.33. The number of aromatic nitrogens is 2. The fraction of sp³-hybridized carbons (Fsp3) is 0.725. The number of anilines is 1. The number of primary amides is 1. The zero-order chi connectivity index (χ0) is 71.0. The van der Waals surface area contributed by atoms with Crippen molar-refractivity contribution in [2.24, 2.45) is 59.0 Å². The number of carbonyl (C=O) groups excluding carboxylic acids is 11. The van der Waals surface area contributed by atoms with Crippen LogP contribution in [0.2, 0.25) is 0 Å². The number of likely N-dealkylation sites (tertiary alicyclic amines) is 2. The minimum Gasteiger partial charge on any atom is -0.428 e. The minimum absolute atomic E-state index is 0.00406. The van der Waals surface area contributed by atoms with Gasteiger partial charge in [-0.1, -0.05) is 80.9 Å². The second-order valence-electron chi connectivity index (χ2n) is 27.4. The predicted molar refractivity (Wildman–Crippen MR) is 358 cm³/mol. The number of nitrogens with zero attached hydrogens (tertiary/aromatic N) is 6. The van der Waals surface area contributed by atoms with E-state index in [9.17, 15) is 52.7 Å². The smallest absolute Gasteiger partial charge is 0.312 e. The molecule has 3 heterocycles. The highest BCUT2D eigenvalue weighted by Gasteiger charge is 2.44. The number of methoxy groups -OCH3 is 2. The van der Waals surface area contributed by atoms with Crippen LogP contribution in [0.15, 0.2) is 35.1 Å². The second-order valence-corrected chi connectivity index (χ2v) is 27.4. The molecule has 1 aromatic carbocycles. The Morgan fingerprint density at radius 2 is 1.43 bits per heavy atom. The first-order chi connectivity index (χ1) is 44.9. The summed E-state index contributed by atoms with van der Waals surface area (Å²) in [4.78, 5) is 157. The van der Waals surface area contributed by atoms with E-state index in [1.807, 2.05) is 67.5 Å². The number of rotatable bonds is 40. The molecule has 0 radical (unpaired) electrons. The summed E-state index contributed by atoms with van der Waals surface area (Å²) in [5.74, 6) is -6.55. The van der Waals surface area contributed by atoms with E-state index in [1.54, 1.807) is 73.8 Å². The van der Waals surface area contributed by atoms with E-state index >= 15 is 0 Å². The van der Waals surface area contributed by atoms with Crippen LogP contribution in [0.3, 0.4) is 0 Å². The van der Waals surface area contributed by atoms with Crippen LogP contribution < -0.4 is 32.3 Å². The third-order valence-corrected chi connectivity index (χ3v) is 19.3. The molecule has 2 aromatic rings. The number of hydrogen-bond donors (Lipinski definition) is 6. The first-order valence-corrected chi connectivity index (χ1v) is 34.0. The Balaban J connectivity index is 1.42. The molecule has 2 aliphatic rings. The van der Waals surface area contributed by atoms with Crippen molar-refractivity contribution in [3.8, 4) is 0 Å². The van der Waals surface area contributed by atoms with Gasteiger partial charge in [0.1, 0.15) is 5.78 Å². The summed E-state index contributed by atoms with van der Waals surface area (Å²) in [6.07, 6.45) is 2.40. The lowest BCUT2D eigenvalue weighted by Gasteiger charge is -2.41. The zero-order valence-corrected chi connectivity index (χ0v) is 59.3. The third kappa shape index (κ3) is 23.8. The standard InChI is InChI=1S/C69H112N12O14/c1-17-43(8)63(79(14)68(91)51(40(2)3)36-55(84)62(42(6)7)78(12)13)56(93-15)37-60(87)81-30-19-21-52(81)64(94-16)45(10)53(82)34-49(35-58-77-74-39-95-58)66(89)73-38-46-22-24-50(25-23-46)75-67(90)47(20-18-29-72-69(70)92)33-54(83)61(41(4)5)76-57(85)26-27-59(86)80-31-28-48(32-44(80)9)65(88)71-11/h22-25,39-45,47-49,51-52,56,61-64H,17-21,26-38H2,1-16H3,(H,71,88)(H,73,89)(H,75,90)(H,76,85)(H3,70,72,92)/t43-,44?,45-,47+,48?,49-,51-,52-,56+,61-,62-,63-,64+/m0/s1. The quantitative estimate of drug-likeness (QED) is 0.0449. The van der Waals surface area contributed by atoms with E-state index in [0.29, 0.717) is 62.9 Å². The molecule has 2 aliphatic heterocycles. The van der Waals surface area contributed by atoms with Gasteiger partial charge >= 0.3 is 6.03 Å². The van der Waals surface area contributed by atoms with Gasteiger partial charge in [-0.25, -0.2) is 4.79 Å². The van der Waals surface area contributed by atoms with E-state index in [4.69, 9.17) is 19.6 Å². The van der Waals surface area contributed by atoms with Gasteiger partial charge in [-0.2, -0.15) is 0 Å². The molecule has 9 amide bonds. The van der Waals surface area contributed by atoms with Gasteiger partial charge in [-0.3, -0.25) is 52.8 Å². The normalized spacial score (nSPS) is 19.0. The molecule has 0 bridgehead atoms. The average Bonchev–Trinajstić information content (AvgIpc) is 1.80. The van der Waals surface area contributed by atoms with Crippen LogP contribution in [0.1, 0.15) is 164 Å². The molecular weight excluding hydrogens is 1220 g/mol. The van der Waals surface area contributed by atoms with Gasteiger partial charge in [0, 0.05) is 128 Å². The van der Waals surface area contributed by atoms with Crippen molar-refractivity contribution in [3.05, 3.63) is 42.1 Å². The van der Waals surface area contributed by atoms with Crippen LogP contribution in [-0.4, -0.2) is 199 Å². The van der Waals surface area contributed by atoms with Crippen molar-refractivity contribution in [1.29, 1.82) is 0 Å². The highest BCUT2D eigenvalue weighted by atomic mass is 16.5. The summed E-state index contributed by atoms with van der Waals surface area (Å²) in [7, 11) is 10.1. The minimum atomic E-state index is -0.964. The van der Waals surface area contributed by atoms with Gasteiger partial charge in [0.2, 0.25) is 53.6 Å².